The van der Waals surface area contributed by atoms with Crippen molar-refractivity contribution in [3.8, 4) is 6.07 Å². The molecule has 1 aliphatic rings. The van der Waals surface area contributed by atoms with E-state index in [0.29, 0.717) is 5.92 Å². The summed E-state index contributed by atoms with van der Waals surface area (Å²) in [6.07, 6.45) is 6.59. The zero-order chi connectivity index (χ0) is 11.4. The second-order valence-corrected chi connectivity index (χ2v) is 4.55. The van der Waals surface area contributed by atoms with Crippen molar-refractivity contribution in [1.29, 1.82) is 5.26 Å². The minimum absolute atomic E-state index is 0.654. The number of rotatable bonds is 2. The van der Waals surface area contributed by atoms with Gasteiger partial charge in [0.1, 0.15) is 0 Å². The molecular weight excluding hydrogens is 194 g/mol. The zero-order valence-corrected chi connectivity index (χ0v) is 9.58. The first-order chi connectivity index (χ1) is 7.81. The van der Waals surface area contributed by atoms with Gasteiger partial charge in [-0.15, -0.1) is 0 Å². The summed E-state index contributed by atoms with van der Waals surface area (Å²) in [7, 11) is 0. The molecule has 0 heterocycles. The Morgan fingerprint density at radius 2 is 1.75 bits per heavy atom. The lowest BCUT2D eigenvalue weighted by Crippen LogP contribution is -2.07. The third-order valence-electron chi connectivity index (χ3n) is 3.48. The molecule has 0 aromatic heterocycles. The molecule has 0 N–H and O–H groups in total. The standard InChI is InChI=1S/C15H17N/c1-12(14-5-3-2-4-6-14)15-9-7-13(11-16)8-10-15/h7-10,14H,1-6H2. The number of hydrogen-bond donors (Lipinski definition) is 0. The molecule has 0 saturated heterocycles. The lowest BCUT2D eigenvalue weighted by atomic mass is 9.82. The summed E-state index contributed by atoms with van der Waals surface area (Å²) in [4.78, 5) is 0. The Bertz CT molecular complexity index is 402. The van der Waals surface area contributed by atoms with Gasteiger partial charge in [-0.25, -0.2) is 0 Å². The molecular formula is C15H17N. The Balaban J connectivity index is 2.11. The van der Waals surface area contributed by atoms with E-state index < -0.39 is 0 Å². The molecule has 1 aromatic carbocycles. The Kier molecular flexibility index (Phi) is 3.41. The highest BCUT2D eigenvalue weighted by Crippen LogP contribution is 2.34. The largest absolute Gasteiger partial charge is 0.192 e. The van der Waals surface area contributed by atoms with Gasteiger partial charge in [0.2, 0.25) is 0 Å². The maximum atomic E-state index is 8.74. The van der Waals surface area contributed by atoms with Crippen LogP contribution < -0.4 is 0 Å². The van der Waals surface area contributed by atoms with Gasteiger partial charge in [0.05, 0.1) is 11.6 Å². The fraction of sp³-hybridized carbons (Fsp3) is 0.400. The Labute approximate surface area is 97.4 Å². The molecule has 0 aliphatic heterocycles. The third kappa shape index (κ3) is 2.33. The molecule has 16 heavy (non-hydrogen) atoms. The SMILES string of the molecule is C=C(c1ccc(C#N)cc1)C1CCCCC1. The van der Waals surface area contributed by atoms with Crippen molar-refractivity contribution < 1.29 is 0 Å². The summed E-state index contributed by atoms with van der Waals surface area (Å²) in [5.41, 5.74) is 3.18. The zero-order valence-electron chi connectivity index (χ0n) is 9.58. The van der Waals surface area contributed by atoms with E-state index in [4.69, 9.17) is 5.26 Å². The van der Waals surface area contributed by atoms with Gasteiger partial charge in [-0.1, -0.05) is 38.0 Å². The van der Waals surface area contributed by atoms with Crippen LogP contribution in [0.4, 0.5) is 0 Å². The van der Waals surface area contributed by atoms with Crippen LogP contribution in [0, 0.1) is 17.2 Å². The highest BCUT2D eigenvalue weighted by molar-refractivity contribution is 5.65. The second-order valence-electron chi connectivity index (χ2n) is 4.55. The second kappa shape index (κ2) is 4.99. The van der Waals surface area contributed by atoms with E-state index >= 15 is 0 Å². The fourth-order valence-electron chi connectivity index (χ4n) is 2.45. The molecule has 0 amide bonds. The van der Waals surface area contributed by atoms with Crippen molar-refractivity contribution >= 4 is 5.57 Å². The molecule has 82 valence electrons. The van der Waals surface area contributed by atoms with Crippen molar-refractivity contribution in [2.75, 3.05) is 0 Å². The predicted octanol–water partition coefficient (Wildman–Crippen LogP) is 4.15. The van der Waals surface area contributed by atoms with Gasteiger partial charge in [0.25, 0.3) is 0 Å². The van der Waals surface area contributed by atoms with E-state index in [1.165, 1.54) is 43.2 Å². The van der Waals surface area contributed by atoms with E-state index in [2.05, 4.69) is 12.6 Å². The van der Waals surface area contributed by atoms with Crippen LogP contribution in [0.2, 0.25) is 0 Å². The van der Waals surface area contributed by atoms with E-state index in [1.54, 1.807) is 0 Å². The average molecular weight is 211 g/mol. The predicted molar refractivity (Wildman–Crippen MR) is 66.8 cm³/mol. The monoisotopic (exact) mass is 211 g/mol. The van der Waals surface area contributed by atoms with Gasteiger partial charge in [-0.3, -0.25) is 0 Å². The molecule has 1 nitrogen and oxygen atoms in total. The van der Waals surface area contributed by atoms with Crippen molar-refractivity contribution in [3.63, 3.8) is 0 Å². The van der Waals surface area contributed by atoms with E-state index in [1.807, 2.05) is 24.3 Å². The summed E-state index contributed by atoms with van der Waals surface area (Å²) in [6.45, 7) is 4.22. The molecule has 0 spiro atoms. The normalized spacial score (nSPS) is 16.7. The maximum Gasteiger partial charge on any atom is 0.0991 e. The molecule has 2 rings (SSSR count). The first-order valence-corrected chi connectivity index (χ1v) is 6.00. The summed E-state index contributed by atoms with van der Waals surface area (Å²) in [5, 5.41) is 8.74. The lowest BCUT2D eigenvalue weighted by Gasteiger charge is -2.23. The van der Waals surface area contributed by atoms with Crippen molar-refractivity contribution in [3.05, 3.63) is 42.0 Å². The van der Waals surface area contributed by atoms with Gasteiger partial charge in [-0.05, 0) is 42.0 Å². The van der Waals surface area contributed by atoms with Gasteiger partial charge >= 0.3 is 0 Å². The molecule has 0 bridgehead atoms. The van der Waals surface area contributed by atoms with Crippen LogP contribution in [0.1, 0.15) is 43.2 Å². The Hall–Kier alpha value is -1.55. The lowest BCUT2D eigenvalue weighted by molar-refractivity contribution is 0.430. The van der Waals surface area contributed by atoms with Crippen LogP contribution >= 0.6 is 0 Å². The van der Waals surface area contributed by atoms with Crippen molar-refractivity contribution in [2.45, 2.75) is 32.1 Å². The number of benzene rings is 1. The molecule has 1 heteroatoms. The summed E-state index contributed by atoms with van der Waals surface area (Å²) in [6, 6.07) is 9.95. The van der Waals surface area contributed by atoms with E-state index in [0.717, 1.165) is 5.56 Å². The Morgan fingerprint density at radius 1 is 1.12 bits per heavy atom. The molecule has 0 atom stereocenters. The van der Waals surface area contributed by atoms with Gasteiger partial charge < -0.3 is 0 Å². The summed E-state index contributed by atoms with van der Waals surface area (Å²) < 4.78 is 0. The smallest absolute Gasteiger partial charge is 0.0991 e. The molecule has 1 aromatic rings. The summed E-state index contributed by atoms with van der Waals surface area (Å²) in [5.74, 6) is 0.654. The van der Waals surface area contributed by atoms with Crippen LogP contribution in [0.15, 0.2) is 30.8 Å². The van der Waals surface area contributed by atoms with Crippen LogP contribution in [0.3, 0.4) is 0 Å². The quantitative estimate of drug-likeness (QED) is 0.720. The highest BCUT2D eigenvalue weighted by atomic mass is 14.2. The fourth-order valence-corrected chi connectivity index (χ4v) is 2.45. The number of allylic oxidation sites excluding steroid dienone is 1. The maximum absolute atomic E-state index is 8.74. The minimum atomic E-state index is 0.654. The topological polar surface area (TPSA) is 23.8 Å². The van der Waals surface area contributed by atoms with Crippen LogP contribution in [0.5, 0.6) is 0 Å². The Morgan fingerprint density at radius 3 is 2.31 bits per heavy atom. The average Bonchev–Trinajstić information content (AvgIpc) is 2.39. The molecule has 1 aliphatic carbocycles. The van der Waals surface area contributed by atoms with E-state index in [9.17, 15) is 0 Å². The van der Waals surface area contributed by atoms with Crippen LogP contribution in [-0.2, 0) is 0 Å². The van der Waals surface area contributed by atoms with Crippen LogP contribution in [0.25, 0.3) is 5.57 Å². The van der Waals surface area contributed by atoms with Gasteiger partial charge in [-0.2, -0.15) is 5.26 Å². The highest BCUT2D eigenvalue weighted by Gasteiger charge is 2.17. The minimum Gasteiger partial charge on any atom is -0.192 e. The first kappa shape index (κ1) is 11.0. The van der Waals surface area contributed by atoms with Crippen molar-refractivity contribution in [2.24, 2.45) is 5.92 Å². The molecule has 0 unspecified atom stereocenters. The van der Waals surface area contributed by atoms with E-state index in [-0.39, 0.29) is 0 Å². The number of nitrogens with zero attached hydrogens (tertiary/aromatic N) is 1. The van der Waals surface area contributed by atoms with Crippen molar-refractivity contribution in [1.82, 2.24) is 0 Å². The summed E-state index contributed by atoms with van der Waals surface area (Å²) >= 11 is 0. The van der Waals surface area contributed by atoms with Crippen LogP contribution in [-0.4, -0.2) is 0 Å². The van der Waals surface area contributed by atoms with Gasteiger partial charge in [0, 0.05) is 0 Å². The number of nitriles is 1. The molecule has 0 radical (unpaired) electrons. The van der Waals surface area contributed by atoms with Gasteiger partial charge in [0.15, 0.2) is 0 Å². The third-order valence-corrected chi connectivity index (χ3v) is 3.48. The number of hydrogen-bond acceptors (Lipinski definition) is 1. The molecule has 1 saturated carbocycles. The first-order valence-electron chi connectivity index (χ1n) is 6.00. The molecule has 1 fully saturated rings.